The lowest BCUT2D eigenvalue weighted by atomic mass is 9.99. The Morgan fingerprint density at radius 1 is 1.19 bits per heavy atom. The molecule has 1 N–H and O–H groups in total. The number of aromatic nitrogens is 4. The SMILES string of the molecule is FC(F)(F)Cn1ccnc1CNCC1CCc2nc(C(F)(F)F)cn2C1. The smallest absolute Gasteiger partial charge is 0.334 e. The molecule has 11 heteroatoms. The predicted octanol–water partition coefficient (Wildman–Crippen LogP) is 3.01. The minimum atomic E-state index is -4.46. The van der Waals surface area contributed by atoms with Gasteiger partial charge in [-0.25, -0.2) is 9.97 Å². The van der Waals surface area contributed by atoms with Gasteiger partial charge in [-0.15, -0.1) is 0 Å². The van der Waals surface area contributed by atoms with Crippen LogP contribution in [-0.4, -0.2) is 31.8 Å². The van der Waals surface area contributed by atoms with E-state index in [0.717, 1.165) is 10.8 Å². The number of aryl methyl sites for hydroxylation is 1. The highest BCUT2D eigenvalue weighted by molar-refractivity contribution is 5.10. The zero-order chi connectivity index (χ0) is 18.9. The lowest BCUT2D eigenvalue weighted by Gasteiger charge is -2.24. The summed E-state index contributed by atoms with van der Waals surface area (Å²) in [5, 5.41) is 3.04. The number of nitrogens with one attached hydrogen (secondary N) is 1. The van der Waals surface area contributed by atoms with Gasteiger partial charge in [-0.2, -0.15) is 26.3 Å². The molecule has 1 unspecified atom stereocenters. The summed E-state index contributed by atoms with van der Waals surface area (Å²) >= 11 is 0. The normalized spacial score (nSPS) is 18.2. The number of rotatable bonds is 5. The zero-order valence-corrected chi connectivity index (χ0v) is 13.6. The first kappa shape index (κ1) is 18.7. The first-order chi connectivity index (χ1) is 12.1. The van der Waals surface area contributed by atoms with Crippen molar-refractivity contribution in [3.63, 3.8) is 0 Å². The van der Waals surface area contributed by atoms with Crippen LogP contribution in [-0.2, 0) is 32.2 Å². The van der Waals surface area contributed by atoms with Gasteiger partial charge in [0.15, 0.2) is 5.69 Å². The molecule has 2 aromatic heterocycles. The Hall–Kier alpha value is -2.04. The summed E-state index contributed by atoms with van der Waals surface area (Å²) in [5.41, 5.74) is -0.893. The molecule has 0 amide bonds. The van der Waals surface area contributed by atoms with Crippen LogP contribution < -0.4 is 5.32 Å². The van der Waals surface area contributed by atoms with E-state index in [9.17, 15) is 26.3 Å². The van der Waals surface area contributed by atoms with Crippen LogP contribution in [0.15, 0.2) is 18.6 Å². The second-order valence-corrected chi connectivity index (χ2v) is 6.31. The minimum absolute atomic E-state index is 0.0730. The van der Waals surface area contributed by atoms with Crippen molar-refractivity contribution >= 4 is 0 Å². The van der Waals surface area contributed by atoms with Crippen LogP contribution in [0, 0.1) is 5.92 Å². The number of nitrogens with zero attached hydrogens (tertiary/aromatic N) is 4. The molecule has 2 aromatic rings. The Balaban J connectivity index is 1.53. The molecule has 3 heterocycles. The van der Waals surface area contributed by atoms with Gasteiger partial charge in [-0.1, -0.05) is 0 Å². The molecule has 1 aliphatic heterocycles. The molecule has 0 aliphatic carbocycles. The van der Waals surface area contributed by atoms with Gasteiger partial charge in [0, 0.05) is 38.1 Å². The lowest BCUT2D eigenvalue weighted by Crippen LogP contribution is -2.30. The van der Waals surface area contributed by atoms with E-state index in [1.165, 1.54) is 17.0 Å². The van der Waals surface area contributed by atoms with Gasteiger partial charge in [0.05, 0.1) is 6.54 Å². The summed E-state index contributed by atoms with van der Waals surface area (Å²) in [5.74, 6) is 0.749. The molecule has 5 nitrogen and oxygen atoms in total. The van der Waals surface area contributed by atoms with Crippen molar-refractivity contribution in [3.8, 4) is 0 Å². The fourth-order valence-corrected chi connectivity index (χ4v) is 3.05. The lowest BCUT2D eigenvalue weighted by molar-refractivity contribution is -0.141. The van der Waals surface area contributed by atoms with Gasteiger partial charge in [0.2, 0.25) is 0 Å². The first-order valence-electron chi connectivity index (χ1n) is 8.02. The summed E-state index contributed by atoms with van der Waals surface area (Å²) < 4.78 is 78.1. The van der Waals surface area contributed by atoms with E-state index in [0.29, 0.717) is 31.8 Å². The van der Waals surface area contributed by atoms with Crippen LogP contribution in [0.25, 0.3) is 0 Å². The van der Waals surface area contributed by atoms with Crippen molar-refractivity contribution in [2.45, 2.75) is 44.8 Å². The highest BCUT2D eigenvalue weighted by atomic mass is 19.4. The van der Waals surface area contributed by atoms with Crippen molar-refractivity contribution < 1.29 is 26.3 Å². The largest absolute Gasteiger partial charge is 0.434 e. The Morgan fingerprint density at radius 2 is 1.96 bits per heavy atom. The van der Waals surface area contributed by atoms with Crippen molar-refractivity contribution in [1.82, 2.24) is 24.4 Å². The van der Waals surface area contributed by atoms with Crippen molar-refractivity contribution in [2.24, 2.45) is 5.92 Å². The van der Waals surface area contributed by atoms with Gasteiger partial charge in [0.1, 0.15) is 18.2 Å². The number of alkyl halides is 6. The number of hydrogen-bond acceptors (Lipinski definition) is 3. The third-order valence-electron chi connectivity index (χ3n) is 4.25. The molecular weight excluding hydrogens is 364 g/mol. The molecule has 26 heavy (non-hydrogen) atoms. The summed E-state index contributed by atoms with van der Waals surface area (Å²) in [6.45, 7) is -0.0868. The highest BCUT2D eigenvalue weighted by Crippen LogP contribution is 2.30. The number of hydrogen-bond donors (Lipinski definition) is 1. The maximum absolute atomic E-state index is 12.7. The molecule has 0 aromatic carbocycles. The molecule has 144 valence electrons. The Kier molecular flexibility index (Phi) is 5.00. The van der Waals surface area contributed by atoms with Crippen LogP contribution in [0.3, 0.4) is 0 Å². The number of halogens is 6. The quantitative estimate of drug-likeness (QED) is 0.810. The Bertz CT molecular complexity index is 745. The van der Waals surface area contributed by atoms with Crippen LogP contribution in [0.5, 0.6) is 0 Å². The molecule has 1 aliphatic rings. The summed E-state index contributed by atoms with van der Waals surface area (Å²) in [4.78, 5) is 7.53. The third-order valence-corrected chi connectivity index (χ3v) is 4.25. The third kappa shape index (κ3) is 4.57. The summed E-state index contributed by atoms with van der Waals surface area (Å²) in [6, 6.07) is 0. The molecule has 0 spiro atoms. The molecule has 1 atom stereocenters. The van der Waals surface area contributed by atoms with E-state index in [-0.39, 0.29) is 18.3 Å². The molecule has 0 radical (unpaired) electrons. The van der Waals surface area contributed by atoms with Crippen LogP contribution in [0.2, 0.25) is 0 Å². The van der Waals surface area contributed by atoms with Crippen LogP contribution in [0.1, 0.15) is 23.8 Å². The van der Waals surface area contributed by atoms with Gasteiger partial charge in [0.25, 0.3) is 0 Å². The number of fused-ring (bicyclic) bond motifs is 1. The minimum Gasteiger partial charge on any atom is -0.334 e. The van der Waals surface area contributed by atoms with E-state index in [2.05, 4.69) is 15.3 Å². The number of imidazole rings is 2. The van der Waals surface area contributed by atoms with E-state index in [4.69, 9.17) is 0 Å². The fraction of sp³-hybridized carbons (Fsp3) is 0.600. The van der Waals surface area contributed by atoms with Crippen LogP contribution in [0.4, 0.5) is 26.3 Å². The summed E-state index contributed by atoms with van der Waals surface area (Å²) in [7, 11) is 0. The Morgan fingerprint density at radius 3 is 2.65 bits per heavy atom. The van der Waals surface area contributed by atoms with Crippen molar-refractivity contribution in [1.29, 1.82) is 0 Å². The second-order valence-electron chi connectivity index (χ2n) is 6.31. The van der Waals surface area contributed by atoms with Gasteiger partial charge in [-0.05, 0) is 12.3 Å². The predicted molar refractivity (Wildman–Crippen MR) is 79.0 cm³/mol. The highest BCUT2D eigenvalue weighted by Gasteiger charge is 2.35. The van der Waals surface area contributed by atoms with Gasteiger partial charge >= 0.3 is 12.4 Å². The first-order valence-corrected chi connectivity index (χ1v) is 8.02. The summed E-state index contributed by atoms with van der Waals surface area (Å²) in [6.07, 6.45) is -4.11. The molecule has 3 rings (SSSR count). The maximum Gasteiger partial charge on any atom is 0.434 e. The van der Waals surface area contributed by atoms with E-state index in [1.54, 1.807) is 0 Å². The average Bonchev–Trinajstić information content (AvgIpc) is 3.11. The van der Waals surface area contributed by atoms with E-state index >= 15 is 0 Å². The zero-order valence-electron chi connectivity index (χ0n) is 13.6. The second kappa shape index (κ2) is 6.93. The van der Waals surface area contributed by atoms with E-state index < -0.39 is 24.6 Å². The van der Waals surface area contributed by atoms with Crippen LogP contribution >= 0.6 is 0 Å². The maximum atomic E-state index is 12.7. The molecular formula is C15H17F6N5. The average molecular weight is 381 g/mol. The van der Waals surface area contributed by atoms with Crippen molar-refractivity contribution in [3.05, 3.63) is 35.9 Å². The molecule has 0 saturated heterocycles. The molecule has 0 bridgehead atoms. The van der Waals surface area contributed by atoms with Gasteiger partial charge in [-0.3, -0.25) is 0 Å². The van der Waals surface area contributed by atoms with E-state index in [1.807, 2.05) is 0 Å². The van der Waals surface area contributed by atoms with Gasteiger partial charge < -0.3 is 14.5 Å². The standard InChI is InChI=1S/C15H17F6N5/c16-14(17,18)9-25-4-3-23-13(25)6-22-5-10-1-2-12-24-11(15(19,20)21)8-26(12)7-10/h3-4,8,10,22H,1-2,5-7,9H2. The molecule has 0 fully saturated rings. The Labute approximate surface area is 145 Å². The van der Waals surface area contributed by atoms with Crippen molar-refractivity contribution in [2.75, 3.05) is 6.54 Å². The topological polar surface area (TPSA) is 47.7 Å². The monoisotopic (exact) mass is 381 g/mol. The molecule has 0 saturated carbocycles. The fourth-order valence-electron chi connectivity index (χ4n) is 3.05.